The van der Waals surface area contributed by atoms with E-state index in [0.717, 1.165) is 0 Å². The lowest BCUT2D eigenvalue weighted by Gasteiger charge is -2.10. The molecule has 0 fully saturated rings. The van der Waals surface area contributed by atoms with Gasteiger partial charge in [0.2, 0.25) is 0 Å². The van der Waals surface area contributed by atoms with Crippen LogP contribution in [-0.4, -0.2) is 42.3 Å². The first-order valence-corrected chi connectivity index (χ1v) is 5.40. The summed E-state index contributed by atoms with van der Waals surface area (Å²) < 4.78 is 4.70. The number of urea groups is 1. The zero-order chi connectivity index (χ0) is 13.3. The number of esters is 1. The molecule has 0 aliphatic carbocycles. The number of nitrogens with one attached hydrogen (secondary N) is 2. The van der Waals surface area contributed by atoms with Crippen LogP contribution in [0.25, 0.3) is 0 Å². The van der Waals surface area contributed by atoms with E-state index in [4.69, 9.17) is 9.84 Å². The molecule has 2 amide bonds. The zero-order valence-electron chi connectivity index (χ0n) is 9.99. The fourth-order valence-corrected chi connectivity index (χ4v) is 0.977. The molecule has 1 atom stereocenters. The molecule has 3 N–H and O–H groups in total. The van der Waals surface area contributed by atoms with Crippen molar-refractivity contribution in [3.63, 3.8) is 0 Å². The predicted molar refractivity (Wildman–Crippen MR) is 59.5 cm³/mol. The second-order valence-corrected chi connectivity index (χ2v) is 3.37. The Balaban J connectivity index is 3.58. The van der Waals surface area contributed by atoms with E-state index >= 15 is 0 Å². The molecule has 98 valence electrons. The Morgan fingerprint density at radius 2 is 2.00 bits per heavy atom. The van der Waals surface area contributed by atoms with Crippen molar-refractivity contribution in [1.29, 1.82) is 0 Å². The van der Waals surface area contributed by atoms with E-state index in [1.807, 2.05) is 0 Å². The highest BCUT2D eigenvalue weighted by Crippen LogP contribution is 1.91. The highest BCUT2D eigenvalue weighted by Gasteiger charge is 2.13. The van der Waals surface area contributed by atoms with Crippen molar-refractivity contribution in [2.45, 2.75) is 32.7 Å². The summed E-state index contributed by atoms with van der Waals surface area (Å²) in [6.45, 7) is 3.71. The van der Waals surface area contributed by atoms with Crippen LogP contribution in [0.1, 0.15) is 26.7 Å². The smallest absolute Gasteiger partial charge is 0.325 e. The van der Waals surface area contributed by atoms with Gasteiger partial charge in [0.1, 0.15) is 6.04 Å². The normalized spacial score (nSPS) is 11.4. The van der Waals surface area contributed by atoms with Gasteiger partial charge in [-0.15, -0.1) is 0 Å². The summed E-state index contributed by atoms with van der Waals surface area (Å²) in [6.07, 6.45) is 0.677. The number of aliphatic carboxylic acids is 1. The third kappa shape index (κ3) is 8.06. The van der Waals surface area contributed by atoms with Crippen molar-refractivity contribution in [1.82, 2.24) is 10.6 Å². The summed E-state index contributed by atoms with van der Waals surface area (Å²) >= 11 is 0. The van der Waals surface area contributed by atoms with Crippen molar-refractivity contribution in [3.05, 3.63) is 0 Å². The molecular formula is C10H18N2O5. The van der Waals surface area contributed by atoms with Crippen LogP contribution >= 0.6 is 0 Å². The molecule has 0 spiro atoms. The Morgan fingerprint density at radius 1 is 1.35 bits per heavy atom. The van der Waals surface area contributed by atoms with Crippen molar-refractivity contribution in [3.8, 4) is 0 Å². The summed E-state index contributed by atoms with van der Waals surface area (Å²) in [6, 6.07) is -1.51. The summed E-state index contributed by atoms with van der Waals surface area (Å²) in [5.41, 5.74) is 0. The first-order chi connectivity index (χ1) is 7.97. The number of carboxylic acids is 1. The van der Waals surface area contributed by atoms with E-state index in [1.165, 1.54) is 6.92 Å². The summed E-state index contributed by atoms with van der Waals surface area (Å²) in [5.74, 6) is -1.42. The Kier molecular flexibility index (Phi) is 7.49. The highest BCUT2D eigenvalue weighted by molar-refractivity contribution is 5.82. The number of ether oxygens (including phenoxy) is 1. The van der Waals surface area contributed by atoms with Crippen molar-refractivity contribution in [2.75, 3.05) is 13.2 Å². The number of hydrogen-bond acceptors (Lipinski definition) is 4. The molecule has 17 heavy (non-hydrogen) atoms. The molecule has 0 saturated heterocycles. The van der Waals surface area contributed by atoms with Gasteiger partial charge in [-0.1, -0.05) is 0 Å². The molecule has 0 heterocycles. The van der Waals surface area contributed by atoms with Crippen LogP contribution in [-0.2, 0) is 14.3 Å². The summed E-state index contributed by atoms with van der Waals surface area (Å²) in [5, 5.41) is 13.2. The number of hydrogen-bond donors (Lipinski definition) is 3. The minimum atomic E-state index is -1.10. The van der Waals surface area contributed by atoms with E-state index in [9.17, 15) is 14.4 Å². The summed E-state index contributed by atoms with van der Waals surface area (Å²) in [4.78, 5) is 32.5. The van der Waals surface area contributed by atoms with Gasteiger partial charge < -0.3 is 20.5 Å². The minimum absolute atomic E-state index is 0.225. The van der Waals surface area contributed by atoms with E-state index in [0.29, 0.717) is 13.0 Å². The molecule has 0 saturated carbocycles. The number of rotatable bonds is 7. The van der Waals surface area contributed by atoms with Crippen LogP contribution in [0.5, 0.6) is 0 Å². The number of amides is 2. The van der Waals surface area contributed by atoms with Gasteiger partial charge in [0, 0.05) is 13.0 Å². The van der Waals surface area contributed by atoms with Gasteiger partial charge in [0.25, 0.3) is 0 Å². The quantitative estimate of drug-likeness (QED) is 0.436. The maximum absolute atomic E-state index is 11.1. The maximum Gasteiger partial charge on any atom is 0.325 e. The molecule has 0 aliphatic rings. The molecule has 0 bridgehead atoms. The zero-order valence-corrected chi connectivity index (χ0v) is 9.99. The fraction of sp³-hybridized carbons (Fsp3) is 0.700. The molecule has 7 heteroatoms. The summed E-state index contributed by atoms with van der Waals surface area (Å²) in [7, 11) is 0. The van der Waals surface area contributed by atoms with Crippen LogP contribution in [0.15, 0.2) is 0 Å². The predicted octanol–water partition coefficient (Wildman–Crippen LogP) is 0.102. The van der Waals surface area contributed by atoms with Crippen LogP contribution in [0.3, 0.4) is 0 Å². The van der Waals surface area contributed by atoms with E-state index in [1.54, 1.807) is 6.92 Å². The largest absolute Gasteiger partial charge is 0.480 e. The number of carbonyl (C=O) groups is 3. The monoisotopic (exact) mass is 246 g/mol. The van der Waals surface area contributed by atoms with E-state index in [2.05, 4.69) is 10.6 Å². The lowest BCUT2D eigenvalue weighted by molar-refractivity contribution is -0.143. The van der Waals surface area contributed by atoms with Crippen LogP contribution < -0.4 is 10.6 Å². The van der Waals surface area contributed by atoms with Crippen LogP contribution in [0, 0.1) is 0 Å². The van der Waals surface area contributed by atoms with Crippen molar-refractivity contribution < 1.29 is 24.2 Å². The van der Waals surface area contributed by atoms with Gasteiger partial charge in [0.15, 0.2) is 0 Å². The molecule has 7 nitrogen and oxygen atoms in total. The third-order valence-corrected chi connectivity index (χ3v) is 1.87. The third-order valence-electron chi connectivity index (χ3n) is 1.87. The Morgan fingerprint density at radius 3 is 2.53 bits per heavy atom. The molecule has 0 aliphatic heterocycles. The van der Waals surface area contributed by atoms with Crippen molar-refractivity contribution in [2.24, 2.45) is 0 Å². The topological polar surface area (TPSA) is 105 Å². The Bertz CT molecular complexity index is 280. The molecular weight excluding hydrogens is 228 g/mol. The molecule has 0 aromatic carbocycles. The molecule has 0 aromatic rings. The number of carboxylic acid groups (broad SMARTS) is 1. The second-order valence-electron chi connectivity index (χ2n) is 3.37. The molecule has 0 radical (unpaired) electrons. The van der Waals surface area contributed by atoms with Gasteiger partial charge in [-0.3, -0.25) is 9.59 Å². The highest BCUT2D eigenvalue weighted by atomic mass is 16.5. The van der Waals surface area contributed by atoms with Crippen LogP contribution in [0.4, 0.5) is 4.79 Å². The average molecular weight is 246 g/mol. The Hall–Kier alpha value is -1.79. The number of carbonyl (C=O) groups excluding carboxylic acids is 2. The van der Waals surface area contributed by atoms with Gasteiger partial charge in [-0.05, 0) is 20.3 Å². The van der Waals surface area contributed by atoms with Gasteiger partial charge in [0.05, 0.1) is 6.61 Å². The lowest BCUT2D eigenvalue weighted by atomic mass is 10.3. The second kappa shape index (κ2) is 8.37. The van der Waals surface area contributed by atoms with Gasteiger partial charge in [-0.2, -0.15) is 0 Å². The van der Waals surface area contributed by atoms with Crippen molar-refractivity contribution >= 4 is 18.0 Å². The minimum Gasteiger partial charge on any atom is -0.480 e. The fourth-order valence-electron chi connectivity index (χ4n) is 0.977. The average Bonchev–Trinajstić information content (AvgIpc) is 2.24. The van der Waals surface area contributed by atoms with Gasteiger partial charge in [-0.25, -0.2) is 4.79 Å². The first-order valence-electron chi connectivity index (χ1n) is 5.40. The van der Waals surface area contributed by atoms with Gasteiger partial charge >= 0.3 is 18.0 Å². The van der Waals surface area contributed by atoms with E-state index < -0.39 is 18.0 Å². The van der Waals surface area contributed by atoms with E-state index in [-0.39, 0.29) is 18.9 Å². The molecule has 0 unspecified atom stereocenters. The SMILES string of the molecule is CCOC(=O)CCCNC(=O)N[C@@H](C)C(=O)O. The first kappa shape index (κ1) is 15.2. The molecule has 0 rings (SSSR count). The lowest BCUT2D eigenvalue weighted by Crippen LogP contribution is -2.44. The molecule has 0 aromatic heterocycles. The van der Waals surface area contributed by atoms with Crippen LogP contribution in [0.2, 0.25) is 0 Å². The Labute approximate surface area is 99.5 Å². The standard InChI is InChI=1S/C10H18N2O5/c1-3-17-8(13)5-4-6-11-10(16)12-7(2)9(14)15/h7H,3-6H2,1-2H3,(H,14,15)(H2,11,12,16)/t7-/m0/s1. The maximum atomic E-state index is 11.1.